The smallest absolute Gasteiger partial charge is 0.311 e. The van der Waals surface area contributed by atoms with Crippen molar-refractivity contribution in [2.45, 2.75) is 13.8 Å². The number of benzene rings is 1. The van der Waals surface area contributed by atoms with Crippen LogP contribution < -0.4 is 4.74 Å². The number of esters is 1. The summed E-state index contributed by atoms with van der Waals surface area (Å²) in [6.45, 7) is 4.06. The van der Waals surface area contributed by atoms with Crippen LogP contribution in [-0.4, -0.2) is 24.7 Å². The lowest BCUT2D eigenvalue weighted by Crippen LogP contribution is -2.19. The second-order valence-corrected chi connectivity index (χ2v) is 5.41. The average Bonchev–Trinajstić information content (AvgIpc) is 2.91. The molecule has 0 bridgehead atoms. The largest absolute Gasteiger partial charge is 0.493 e. The number of rotatable bonds is 5. The lowest BCUT2D eigenvalue weighted by molar-refractivity contribution is -0.145. The minimum Gasteiger partial charge on any atom is -0.493 e. The van der Waals surface area contributed by atoms with Crippen LogP contribution in [0.4, 0.5) is 0 Å². The summed E-state index contributed by atoms with van der Waals surface area (Å²) in [7, 11) is 1.38. The second kappa shape index (κ2) is 6.52. The number of aromatic nitrogens is 1. The molecule has 0 saturated carbocycles. The molecule has 0 spiro atoms. The second-order valence-electron chi connectivity index (χ2n) is 4.55. The minimum absolute atomic E-state index is 0.264. The third kappa shape index (κ3) is 3.57. The quantitative estimate of drug-likeness (QED) is 0.793. The van der Waals surface area contributed by atoms with Crippen molar-refractivity contribution in [2.75, 3.05) is 13.7 Å². The van der Waals surface area contributed by atoms with Gasteiger partial charge in [0.25, 0.3) is 0 Å². The van der Waals surface area contributed by atoms with Gasteiger partial charge in [-0.15, -0.1) is 11.3 Å². The van der Waals surface area contributed by atoms with Gasteiger partial charge in [0.05, 0.1) is 13.0 Å². The lowest BCUT2D eigenvalue weighted by Gasteiger charge is -2.11. The maximum Gasteiger partial charge on any atom is 0.311 e. The summed E-state index contributed by atoms with van der Waals surface area (Å²) >= 11 is 1.62. The molecule has 1 heterocycles. The monoisotopic (exact) mass is 291 g/mol. The van der Waals surface area contributed by atoms with Crippen molar-refractivity contribution < 1.29 is 14.3 Å². The highest BCUT2D eigenvalue weighted by atomic mass is 32.1. The molecule has 1 aromatic carbocycles. The highest BCUT2D eigenvalue weighted by Crippen LogP contribution is 2.25. The first-order valence-electron chi connectivity index (χ1n) is 6.33. The Labute approximate surface area is 122 Å². The van der Waals surface area contributed by atoms with Crippen LogP contribution in [0.1, 0.15) is 12.6 Å². The number of methoxy groups -OCH3 is 1. The van der Waals surface area contributed by atoms with E-state index >= 15 is 0 Å². The number of carbonyl (C=O) groups excluding carboxylic acids is 1. The maximum atomic E-state index is 11.3. The van der Waals surface area contributed by atoms with Crippen LogP contribution >= 0.6 is 11.3 Å². The summed E-state index contributed by atoms with van der Waals surface area (Å²) in [6, 6.07) is 7.71. The molecule has 0 saturated heterocycles. The molecule has 0 fully saturated rings. The number of thiazole rings is 1. The normalized spacial score (nSPS) is 11.9. The van der Waals surface area contributed by atoms with Gasteiger partial charge in [0, 0.05) is 16.6 Å². The van der Waals surface area contributed by atoms with Crippen molar-refractivity contribution in [3.8, 4) is 16.3 Å². The fourth-order valence-electron chi connectivity index (χ4n) is 1.67. The first-order chi connectivity index (χ1) is 9.60. The van der Waals surface area contributed by atoms with E-state index in [-0.39, 0.29) is 11.9 Å². The van der Waals surface area contributed by atoms with Crippen LogP contribution in [0.3, 0.4) is 0 Å². The molecule has 0 aliphatic carbocycles. The molecule has 4 nitrogen and oxygen atoms in total. The fraction of sp³-hybridized carbons (Fsp3) is 0.333. The van der Waals surface area contributed by atoms with Crippen LogP contribution in [0.25, 0.3) is 10.6 Å². The van der Waals surface area contributed by atoms with Crippen molar-refractivity contribution in [3.63, 3.8) is 0 Å². The molecular weight excluding hydrogens is 274 g/mol. The maximum absolute atomic E-state index is 11.3. The third-order valence-electron chi connectivity index (χ3n) is 2.82. The van der Waals surface area contributed by atoms with Gasteiger partial charge in [0.2, 0.25) is 0 Å². The van der Waals surface area contributed by atoms with Gasteiger partial charge < -0.3 is 9.47 Å². The summed E-state index contributed by atoms with van der Waals surface area (Å²) in [5.74, 6) is 0.193. The number of ether oxygens (including phenoxy) is 2. The fourth-order valence-corrected chi connectivity index (χ4v) is 2.47. The van der Waals surface area contributed by atoms with Crippen LogP contribution in [0.5, 0.6) is 5.75 Å². The molecule has 2 aromatic rings. The molecule has 1 unspecified atom stereocenters. The molecule has 0 aliphatic heterocycles. The summed E-state index contributed by atoms with van der Waals surface area (Å²) in [4.78, 5) is 15.7. The Morgan fingerprint density at radius 1 is 1.35 bits per heavy atom. The Morgan fingerprint density at radius 3 is 2.60 bits per heavy atom. The van der Waals surface area contributed by atoms with E-state index in [1.54, 1.807) is 18.3 Å². The number of hydrogen-bond donors (Lipinski definition) is 0. The van der Waals surface area contributed by atoms with Gasteiger partial charge >= 0.3 is 5.97 Å². The van der Waals surface area contributed by atoms with Crippen molar-refractivity contribution in [3.05, 3.63) is 35.3 Å². The van der Waals surface area contributed by atoms with E-state index in [2.05, 4.69) is 9.72 Å². The van der Waals surface area contributed by atoms with Crippen molar-refractivity contribution in [1.29, 1.82) is 0 Å². The van der Waals surface area contributed by atoms with Crippen LogP contribution in [0.15, 0.2) is 29.6 Å². The Balaban J connectivity index is 1.97. The van der Waals surface area contributed by atoms with Gasteiger partial charge in [-0.25, -0.2) is 4.98 Å². The first-order valence-corrected chi connectivity index (χ1v) is 7.21. The predicted molar refractivity (Wildman–Crippen MR) is 79.0 cm³/mol. The van der Waals surface area contributed by atoms with E-state index in [9.17, 15) is 4.79 Å². The molecule has 1 aromatic heterocycles. The molecule has 5 heteroatoms. The molecule has 2 rings (SSSR count). The summed E-state index contributed by atoms with van der Waals surface area (Å²) in [5.41, 5.74) is 2.09. The SMILES string of the molecule is COC(=O)C(C)COc1ccc(-c2nc(C)cs2)cc1. The van der Waals surface area contributed by atoms with E-state index in [0.717, 1.165) is 22.0 Å². The van der Waals surface area contributed by atoms with Crippen molar-refractivity contribution in [2.24, 2.45) is 5.92 Å². The number of hydrogen-bond acceptors (Lipinski definition) is 5. The van der Waals surface area contributed by atoms with E-state index in [4.69, 9.17) is 4.74 Å². The van der Waals surface area contributed by atoms with Gasteiger partial charge in [-0.3, -0.25) is 4.79 Å². The molecule has 0 radical (unpaired) electrons. The van der Waals surface area contributed by atoms with Gasteiger partial charge in [0.15, 0.2) is 0 Å². The Kier molecular flexibility index (Phi) is 4.74. The average molecular weight is 291 g/mol. The summed E-state index contributed by atoms with van der Waals surface area (Å²) < 4.78 is 10.2. The van der Waals surface area contributed by atoms with E-state index in [1.807, 2.05) is 36.6 Å². The van der Waals surface area contributed by atoms with Crippen LogP contribution in [-0.2, 0) is 9.53 Å². The number of aryl methyl sites for hydroxylation is 1. The highest BCUT2D eigenvalue weighted by molar-refractivity contribution is 7.13. The zero-order valence-electron chi connectivity index (χ0n) is 11.8. The Hall–Kier alpha value is -1.88. The molecule has 106 valence electrons. The topological polar surface area (TPSA) is 48.4 Å². The number of carbonyl (C=O) groups is 1. The van der Waals surface area contributed by atoms with E-state index in [0.29, 0.717) is 6.61 Å². The number of nitrogens with zero attached hydrogens (tertiary/aromatic N) is 1. The van der Waals surface area contributed by atoms with E-state index in [1.165, 1.54) is 7.11 Å². The summed E-state index contributed by atoms with van der Waals surface area (Å²) in [5, 5.41) is 3.02. The van der Waals surface area contributed by atoms with E-state index < -0.39 is 0 Å². The minimum atomic E-state index is -0.277. The van der Waals surface area contributed by atoms with Crippen LogP contribution in [0.2, 0.25) is 0 Å². The van der Waals surface area contributed by atoms with Crippen molar-refractivity contribution >= 4 is 17.3 Å². The lowest BCUT2D eigenvalue weighted by atomic mass is 10.2. The van der Waals surface area contributed by atoms with Crippen LogP contribution in [0, 0.1) is 12.8 Å². The van der Waals surface area contributed by atoms with Gasteiger partial charge in [-0.2, -0.15) is 0 Å². The molecule has 1 atom stereocenters. The zero-order valence-corrected chi connectivity index (χ0v) is 12.6. The van der Waals surface area contributed by atoms with Gasteiger partial charge in [-0.1, -0.05) is 0 Å². The molecular formula is C15H17NO3S. The molecule has 0 aliphatic rings. The highest BCUT2D eigenvalue weighted by Gasteiger charge is 2.13. The van der Waals surface area contributed by atoms with Gasteiger partial charge in [0.1, 0.15) is 17.4 Å². The molecule has 0 amide bonds. The van der Waals surface area contributed by atoms with Crippen molar-refractivity contribution in [1.82, 2.24) is 4.98 Å². The molecule has 20 heavy (non-hydrogen) atoms. The Bertz CT molecular complexity index is 577. The zero-order chi connectivity index (χ0) is 14.5. The predicted octanol–water partition coefficient (Wildman–Crippen LogP) is 3.31. The third-order valence-corrected chi connectivity index (χ3v) is 3.83. The van der Waals surface area contributed by atoms with Gasteiger partial charge in [-0.05, 0) is 38.1 Å². The first kappa shape index (κ1) is 14.5. The summed E-state index contributed by atoms with van der Waals surface area (Å²) in [6.07, 6.45) is 0. The Morgan fingerprint density at radius 2 is 2.05 bits per heavy atom. The molecule has 0 N–H and O–H groups in total. The standard InChI is InChI=1S/C15H17NO3S/c1-10(15(17)18-3)8-19-13-6-4-12(5-7-13)14-16-11(2)9-20-14/h4-7,9-10H,8H2,1-3H3.